The molecule has 0 aliphatic heterocycles. The minimum Gasteiger partial charge on any atom is -0.300 e. The summed E-state index contributed by atoms with van der Waals surface area (Å²) in [7, 11) is 0. The van der Waals surface area contributed by atoms with Gasteiger partial charge in [-0.1, -0.05) is 48.5 Å². The van der Waals surface area contributed by atoms with Crippen LogP contribution in [0, 0.1) is 0 Å². The van der Waals surface area contributed by atoms with Crippen LogP contribution in [0.25, 0.3) is 11.1 Å². The molecule has 2 aliphatic rings. The third kappa shape index (κ3) is 1.73. The van der Waals surface area contributed by atoms with Gasteiger partial charge in [0.05, 0.1) is 0 Å². The fraction of sp³-hybridized carbons (Fsp3) is 0.300. The summed E-state index contributed by atoms with van der Waals surface area (Å²) in [6.45, 7) is 1.64. The van der Waals surface area contributed by atoms with Crippen molar-refractivity contribution in [3.05, 3.63) is 59.7 Å². The SMILES string of the molecule is CC(=O)C[C@]12CC(=O)C[C@H]1c1ccccc1-c1ccccc12. The smallest absolute Gasteiger partial charge is 0.134 e. The second kappa shape index (κ2) is 4.64. The van der Waals surface area contributed by atoms with Gasteiger partial charge in [0, 0.05) is 30.6 Å². The number of ketones is 2. The number of carbonyl (C=O) groups excluding carboxylic acids is 2. The van der Waals surface area contributed by atoms with Crippen LogP contribution in [0.15, 0.2) is 48.5 Å². The maximum absolute atomic E-state index is 12.3. The van der Waals surface area contributed by atoms with E-state index in [2.05, 4.69) is 24.3 Å². The zero-order valence-corrected chi connectivity index (χ0v) is 12.6. The molecule has 0 N–H and O–H groups in total. The van der Waals surface area contributed by atoms with Gasteiger partial charge in [0.25, 0.3) is 0 Å². The van der Waals surface area contributed by atoms with E-state index in [1.54, 1.807) is 6.92 Å². The number of hydrogen-bond donors (Lipinski definition) is 0. The topological polar surface area (TPSA) is 34.1 Å². The second-order valence-electron chi connectivity index (χ2n) is 6.64. The van der Waals surface area contributed by atoms with Crippen molar-refractivity contribution < 1.29 is 9.59 Å². The quantitative estimate of drug-likeness (QED) is 0.836. The molecular weight excluding hydrogens is 272 g/mol. The van der Waals surface area contributed by atoms with Crippen molar-refractivity contribution in [2.45, 2.75) is 37.5 Å². The van der Waals surface area contributed by atoms with Crippen LogP contribution in [-0.4, -0.2) is 11.6 Å². The van der Waals surface area contributed by atoms with Crippen LogP contribution in [0.5, 0.6) is 0 Å². The molecule has 22 heavy (non-hydrogen) atoms. The van der Waals surface area contributed by atoms with Crippen molar-refractivity contribution in [3.8, 4) is 11.1 Å². The zero-order chi connectivity index (χ0) is 15.3. The van der Waals surface area contributed by atoms with E-state index in [9.17, 15) is 9.59 Å². The lowest BCUT2D eigenvalue weighted by Crippen LogP contribution is -2.35. The Morgan fingerprint density at radius 2 is 1.77 bits per heavy atom. The van der Waals surface area contributed by atoms with E-state index in [1.807, 2.05) is 24.3 Å². The normalized spacial score (nSPS) is 25.3. The first-order valence-corrected chi connectivity index (χ1v) is 7.82. The molecule has 2 aromatic carbocycles. The van der Waals surface area contributed by atoms with Gasteiger partial charge >= 0.3 is 0 Å². The number of fused-ring (bicyclic) bond motifs is 6. The Labute approximate surface area is 130 Å². The monoisotopic (exact) mass is 290 g/mol. The average Bonchev–Trinajstić information content (AvgIpc) is 2.84. The first-order chi connectivity index (χ1) is 10.6. The van der Waals surface area contributed by atoms with Crippen LogP contribution in [0.3, 0.4) is 0 Å². The summed E-state index contributed by atoms with van der Waals surface area (Å²) in [6.07, 6.45) is 1.50. The molecule has 0 radical (unpaired) electrons. The highest BCUT2D eigenvalue weighted by atomic mass is 16.1. The number of rotatable bonds is 2. The molecule has 2 atom stereocenters. The Kier molecular flexibility index (Phi) is 2.83. The first-order valence-electron chi connectivity index (χ1n) is 7.82. The van der Waals surface area contributed by atoms with Crippen molar-refractivity contribution in [1.82, 2.24) is 0 Å². The molecule has 0 spiro atoms. The van der Waals surface area contributed by atoms with Gasteiger partial charge in [0.1, 0.15) is 11.6 Å². The lowest BCUT2D eigenvalue weighted by atomic mass is 9.61. The minimum absolute atomic E-state index is 0.134. The van der Waals surface area contributed by atoms with Gasteiger partial charge in [-0.15, -0.1) is 0 Å². The molecule has 2 nitrogen and oxygen atoms in total. The Balaban J connectivity index is 2.04. The summed E-state index contributed by atoms with van der Waals surface area (Å²) in [4.78, 5) is 24.3. The summed E-state index contributed by atoms with van der Waals surface area (Å²) in [5.74, 6) is 0.571. The van der Waals surface area contributed by atoms with E-state index in [-0.39, 0.29) is 22.9 Å². The predicted octanol–water partition coefficient (Wildman–Crippen LogP) is 4.03. The average molecular weight is 290 g/mol. The van der Waals surface area contributed by atoms with E-state index >= 15 is 0 Å². The Hall–Kier alpha value is -2.22. The minimum atomic E-state index is -0.339. The molecule has 0 saturated heterocycles. The Bertz CT molecular complexity index is 790. The van der Waals surface area contributed by atoms with Crippen molar-refractivity contribution in [2.75, 3.05) is 0 Å². The van der Waals surface area contributed by atoms with Gasteiger partial charge in [-0.25, -0.2) is 0 Å². The molecule has 0 amide bonds. The maximum Gasteiger partial charge on any atom is 0.134 e. The second-order valence-corrected chi connectivity index (χ2v) is 6.64. The number of carbonyl (C=O) groups is 2. The van der Waals surface area contributed by atoms with Crippen molar-refractivity contribution in [3.63, 3.8) is 0 Å². The highest BCUT2D eigenvalue weighted by Crippen LogP contribution is 2.58. The zero-order valence-electron chi connectivity index (χ0n) is 12.6. The molecule has 1 saturated carbocycles. The number of hydrogen-bond acceptors (Lipinski definition) is 2. The van der Waals surface area contributed by atoms with E-state index in [0.717, 1.165) is 0 Å². The first kappa shape index (κ1) is 13.4. The fourth-order valence-corrected chi connectivity index (χ4v) is 4.58. The lowest BCUT2D eigenvalue weighted by molar-refractivity contribution is -0.118. The molecule has 0 bridgehead atoms. The molecule has 2 aliphatic carbocycles. The molecule has 2 aromatic rings. The molecule has 4 rings (SSSR count). The van der Waals surface area contributed by atoms with E-state index in [4.69, 9.17) is 0 Å². The predicted molar refractivity (Wildman–Crippen MR) is 85.8 cm³/mol. The molecule has 0 unspecified atom stereocenters. The van der Waals surface area contributed by atoms with Gasteiger partial charge in [-0.3, -0.25) is 9.59 Å². The van der Waals surface area contributed by atoms with Crippen LogP contribution in [0.1, 0.15) is 43.2 Å². The third-order valence-electron chi connectivity index (χ3n) is 5.27. The van der Waals surface area contributed by atoms with Crippen LogP contribution in [0.4, 0.5) is 0 Å². The van der Waals surface area contributed by atoms with Crippen molar-refractivity contribution in [1.29, 1.82) is 0 Å². The van der Waals surface area contributed by atoms with Crippen molar-refractivity contribution in [2.24, 2.45) is 0 Å². The summed E-state index contributed by atoms with van der Waals surface area (Å²) in [5.41, 5.74) is 4.48. The van der Waals surface area contributed by atoms with Gasteiger partial charge in [-0.05, 0) is 29.2 Å². The van der Waals surface area contributed by atoms with Crippen molar-refractivity contribution >= 4 is 11.6 Å². The summed E-state index contributed by atoms with van der Waals surface area (Å²) >= 11 is 0. The Morgan fingerprint density at radius 3 is 2.55 bits per heavy atom. The van der Waals surface area contributed by atoms with Gasteiger partial charge in [0.2, 0.25) is 0 Å². The molecule has 2 heteroatoms. The van der Waals surface area contributed by atoms with E-state index in [0.29, 0.717) is 19.3 Å². The van der Waals surface area contributed by atoms with Crippen LogP contribution in [0.2, 0.25) is 0 Å². The van der Waals surface area contributed by atoms with Gasteiger partial charge in [-0.2, -0.15) is 0 Å². The van der Waals surface area contributed by atoms with Gasteiger partial charge in [0.15, 0.2) is 0 Å². The Morgan fingerprint density at radius 1 is 1.09 bits per heavy atom. The van der Waals surface area contributed by atoms with Crippen LogP contribution >= 0.6 is 0 Å². The van der Waals surface area contributed by atoms with Crippen LogP contribution < -0.4 is 0 Å². The van der Waals surface area contributed by atoms with Crippen LogP contribution in [-0.2, 0) is 15.0 Å². The highest BCUT2D eigenvalue weighted by molar-refractivity contribution is 5.92. The largest absolute Gasteiger partial charge is 0.300 e. The molecule has 110 valence electrons. The maximum atomic E-state index is 12.3. The highest BCUT2D eigenvalue weighted by Gasteiger charge is 2.52. The van der Waals surface area contributed by atoms with Gasteiger partial charge < -0.3 is 0 Å². The number of benzene rings is 2. The summed E-state index contributed by atoms with van der Waals surface area (Å²) in [6, 6.07) is 16.6. The van der Waals surface area contributed by atoms with E-state index < -0.39 is 0 Å². The summed E-state index contributed by atoms with van der Waals surface area (Å²) < 4.78 is 0. The number of Topliss-reactive ketones (excluding diaryl/α,β-unsaturated/α-hetero) is 2. The van der Waals surface area contributed by atoms with E-state index in [1.165, 1.54) is 22.3 Å². The fourth-order valence-electron chi connectivity index (χ4n) is 4.58. The molecule has 1 fully saturated rings. The standard InChI is InChI=1S/C20H18O2/c1-13(21)11-20-12-14(22)10-19(20)17-8-3-2-6-15(17)16-7-4-5-9-18(16)20/h2-9,19H,10-12H2,1H3/t19-,20+/m0/s1. The third-order valence-corrected chi connectivity index (χ3v) is 5.27. The molecule has 0 heterocycles. The summed E-state index contributed by atoms with van der Waals surface area (Å²) in [5, 5.41) is 0. The molecule has 0 aromatic heterocycles. The molecular formula is C20H18O2. The lowest BCUT2D eigenvalue weighted by Gasteiger charge is -2.41.